The minimum atomic E-state index is -0.843. The topological polar surface area (TPSA) is 95.9 Å². The highest BCUT2D eigenvalue weighted by Crippen LogP contribution is 2.20. The molecule has 0 aromatic rings. The van der Waals surface area contributed by atoms with E-state index in [4.69, 9.17) is 4.74 Å². The van der Waals surface area contributed by atoms with Crippen LogP contribution in [0.1, 0.15) is 444 Å². The normalized spacial score (nSPS) is 12.6. The van der Waals surface area contributed by atoms with Gasteiger partial charge in [-0.25, -0.2) is 0 Å². The molecule has 2 unspecified atom stereocenters. The number of amides is 1. The molecule has 0 bridgehead atoms. The van der Waals surface area contributed by atoms with Crippen LogP contribution in [0.3, 0.4) is 0 Å². The molecule has 3 N–H and O–H groups in total. The first-order valence-corrected chi connectivity index (χ1v) is 39.8. The molecule has 0 saturated carbocycles. The van der Waals surface area contributed by atoms with Crippen LogP contribution < -0.4 is 5.32 Å². The number of allylic oxidation sites excluding steroid dienone is 5. The molecular formula is C81H155NO5. The molecule has 514 valence electrons. The van der Waals surface area contributed by atoms with Gasteiger partial charge in [-0.05, 0) is 64.2 Å². The van der Waals surface area contributed by atoms with Gasteiger partial charge >= 0.3 is 5.97 Å². The molecule has 6 nitrogen and oxygen atoms in total. The number of carbonyl (C=O) groups is 2. The van der Waals surface area contributed by atoms with Crippen LogP contribution in [-0.4, -0.2) is 47.4 Å². The molecule has 0 spiro atoms. The Morgan fingerprint density at radius 2 is 0.575 bits per heavy atom. The summed E-state index contributed by atoms with van der Waals surface area (Å²) in [5, 5.41) is 23.3. The third-order valence-corrected chi connectivity index (χ3v) is 18.7. The third kappa shape index (κ3) is 73.0. The van der Waals surface area contributed by atoms with Gasteiger partial charge in [0.15, 0.2) is 0 Å². The Morgan fingerprint density at radius 1 is 0.322 bits per heavy atom. The molecule has 0 aliphatic heterocycles. The SMILES string of the molecule is CCCCC/C=C\C/C=C\CCCCCCCCCC(=O)OCCCCCCCCCCCCCCCCCCCCCCCCCCCCCCCCC(=O)NC(CO)C(O)/C=C/CCCCCCCCCCCCCCCCCCCCCCC. The minimum absolute atomic E-state index is 0.0128. The number of ether oxygens (including phenoxy) is 1. The third-order valence-electron chi connectivity index (χ3n) is 18.7. The van der Waals surface area contributed by atoms with E-state index in [1.807, 2.05) is 6.08 Å². The van der Waals surface area contributed by atoms with Crippen LogP contribution in [0.25, 0.3) is 0 Å². The number of aliphatic hydroxyl groups is 2. The number of hydrogen-bond donors (Lipinski definition) is 3. The first kappa shape index (κ1) is 85.1. The number of nitrogens with one attached hydrogen (secondary N) is 1. The van der Waals surface area contributed by atoms with E-state index >= 15 is 0 Å². The van der Waals surface area contributed by atoms with Crippen molar-refractivity contribution >= 4 is 11.9 Å². The number of esters is 1. The lowest BCUT2D eigenvalue weighted by atomic mass is 10.0. The molecular weight excluding hydrogens is 1070 g/mol. The Bertz CT molecular complexity index is 1410. The molecule has 0 aromatic carbocycles. The summed E-state index contributed by atoms with van der Waals surface area (Å²) in [4.78, 5) is 24.7. The predicted molar refractivity (Wildman–Crippen MR) is 384 cm³/mol. The molecule has 0 fully saturated rings. The molecule has 0 rings (SSSR count). The highest BCUT2D eigenvalue weighted by atomic mass is 16.5. The quantitative estimate of drug-likeness (QED) is 0.0320. The largest absolute Gasteiger partial charge is 0.466 e. The lowest BCUT2D eigenvalue weighted by Crippen LogP contribution is -2.45. The van der Waals surface area contributed by atoms with E-state index in [9.17, 15) is 19.8 Å². The average Bonchev–Trinajstić information content (AvgIpc) is 3.53. The number of unbranched alkanes of at least 4 members (excludes halogenated alkanes) is 60. The fraction of sp³-hybridized carbons (Fsp3) is 0.901. The van der Waals surface area contributed by atoms with Crippen molar-refractivity contribution in [1.29, 1.82) is 0 Å². The summed E-state index contributed by atoms with van der Waals surface area (Å²) in [5.41, 5.74) is 0. The van der Waals surface area contributed by atoms with Crippen molar-refractivity contribution in [2.75, 3.05) is 13.2 Å². The zero-order chi connectivity index (χ0) is 62.8. The second-order valence-corrected chi connectivity index (χ2v) is 27.4. The smallest absolute Gasteiger partial charge is 0.305 e. The van der Waals surface area contributed by atoms with Crippen LogP contribution in [0.5, 0.6) is 0 Å². The lowest BCUT2D eigenvalue weighted by molar-refractivity contribution is -0.143. The maximum atomic E-state index is 12.6. The van der Waals surface area contributed by atoms with E-state index in [0.29, 0.717) is 19.4 Å². The monoisotopic (exact) mass is 1220 g/mol. The van der Waals surface area contributed by atoms with Crippen molar-refractivity contribution in [3.8, 4) is 0 Å². The molecule has 6 heteroatoms. The van der Waals surface area contributed by atoms with Crippen molar-refractivity contribution in [1.82, 2.24) is 5.32 Å². The Kier molecular flexibility index (Phi) is 74.8. The maximum absolute atomic E-state index is 12.6. The van der Waals surface area contributed by atoms with Crippen molar-refractivity contribution in [3.05, 3.63) is 36.5 Å². The molecule has 0 aromatic heterocycles. The van der Waals surface area contributed by atoms with Gasteiger partial charge in [-0.2, -0.15) is 0 Å². The van der Waals surface area contributed by atoms with Crippen LogP contribution in [-0.2, 0) is 14.3 Å². The summed E-state index contributed by atoms with van der Waals surface area (Å²) in [5.74, 6) is -0.0465. The molecule has 0 saturated heterocycles. The minimum Gasteiger partial charge on any atom is -0.466 e. The Morgan fingerprint density at radius 3 is 0.897 bits per heavy atom. The Hall–Kier alpha value is -1.92. The second kappa shape index (κ2) is 76.5. The molecule has 87 heavy (non-hydrogen) atoms. The molecule has 2 atom stereocenters. The van der Waals surface area contributed by atoms with Gasteiger partial charge in [0.2, 0.25) is 5.91 Å². The molecule has 0 aliphatic carbocycles. The summed E-state index contributed by atoms with van der Waals surface area (Å²) in [7, 11) is 0. The zero-order valence-electron chi connectivity index (χ0n) is 59.0. The van der Waals surface area contributed by atoms with E-state index in [1.54, 1.807) is 6.08 Å². The van der Waals surface area contributed by atoms with Crippen LogP contribution in [0.15, 0.2) is 36.5 Å². The number of aliphatic hydroxyl groups excluding tert-OH is 2. The zero-order valence-corrected chi connectivity index (χ0v) is 59.0. The van der Waals surface area contributed by atoms with Gasteiger partial charge in [0, 0.05) is 12.8 Å². The standard InChI is InChI=1S/C81H155NO5/c1-3-5-7-9-11-13-15-17-19-21-22-23-32-35-38-42-45-49-53-57-61-65-69-73-79(84)78(77-83)82-80(85)74-70-66-62-58-54-50-46-43-39-36-33-30-28-26-24-25-27-29-31-34-37-40-44-48-52-56-60-64-68-72-76-87-81(86)75-71-67-63-59-55-51-47-41-20-18-16-14-12-10-8-6-4-2/h12,14,18,20,69,73,78-79,83-84H,3-11,13,15-17,19,21-68,70-72,74-77H2,1-2H3,(H,82,85)/b14-12-,20-18-,73-69+. The first-order valence-electron chi connectivity index (χ1n) is 39.8. The fourth-order valence-electron chi connectivity index (χ4n) is 12.6. The summed E-state index contributed by atoms with van der Waals surface area (Å²) in [6, 6.07) is -0.626. The summed E-state index contributed by atoms with van der Waals surface area (Å²) in [6.45, 7) is 4.93. The van der Waals surface area contributed by atoms with Gasteiger partial charge in [0.1, 0.15) is 0 Å². The van der Waals surface area contributed by atoms with Crippen LogP contribution >= 0.6 is 0 Å². The van der Waals surface area contributed by atoms with E-state index in [-0.39, 0.29) is 18.5 Å². The van der Waals surface area contributed by atoms with Crippen molar-refractivity contribution in [3.63, 3.8) is 0 Å². The Labute approximate surface area is 544 Å². The van der Waals surface area contributed by atoms with Gasteiger partial charge in [-0.3, -0.25) is 9.59 Å². The molecule has 1 amide bonds. The summed E-state index contributed by atoms with van der Waals surface area (Å²) >= 11 is 0. The van der Waals surface area contributed by atoms with Crippen molar-refractivity contribution in [2.24, 2.45) is 0 Å². The number of hydrogen-bond acceptors (Lipinski definition) is 5. The summed E-state index contributed by atoms with van der Waals surface area (Å²) in [6.07, 6.45) is 99.8. The average molecular weight is 1220 g/mol. The van der Waals surface area contributed by atoms with E-state index in [1.165, 1.54) is 366 Å². The summed E-state index contributed by atoms with van der Waals surface area (Å²) < 4.78 is 5.51. The highest BCUT2D eigenvalue weighted by molar-refractivity contribution is 5.76. The molecule has 0 radical (unpaired) electrons. The predicted octanol–water partition coefficient (Wildman–Crippen LogP) is 26.2. The molecule has 0 heterocycles. The number of rotatable bonds is 75. The van der Waals surface area contributed by atoms with Crippen LogP contribution in [0, 0.1) is 0 Å². The van der Waals surface area contributed by atoms with E-state index in [2.05, 4.69) is 43.5 Å². The van der Waals surface area contributed by atoms with Crippen LogP contribution in [0.4, 0.5) is 0 Å². The Balaban J connectivity index is 3.36. The fourth-order valence-corrected chi connectivity index (χ4v) is 12.6. The van der Waals surface area contributed by atoms with E-state index in [0.717, 1.165) is 51.4 Å². The van der Waals surface area contributed by atoms with Crippen molar-refractivity contribution in [2.45, 2.75) is 456 Å². The molecule has 0 aliphatic rings. The van der Waals surface area contributed by atoms with Gasteiger partial charge in [0.25, 0.3) is 0 Å². The van der Waals surface area contributed by atoms with Gasteiger partial charge < -0.3 is 20.3 Å². The van der Waals surface area contributed by atoms with Gasteiger partial charge in [-0.1, -0.05) is 403 Å². The first-order chi connectivity index (χ1) is 43.0. The highest BCUT2D eigenvalue weighted by Gasteiger charge is 2.18. The lowest BCUT2D eigenvalue weighted by Gasteiger charge is -2.20. The second-order valence-electron chi connectivity index (χ2n) is 27.4. The maximum Gasteiger partial charge on any atom is 0.305 e. The van der Waals surface area contributed by atoms with Gasteiger partial charge in [0.05, 0.1) is 25.4 Å². The van der Waals surface area contributed by atoms with Crippen molar-refractivity contribution < 1.29 is 24.5 Å². The van der Waals surface area contributed by atoms with Gasteiger partial charge in [-0.15, -0.1) is 0 Å². The number of carbonyl (C=O) groups excluding carboxylic acids is 2. The van der Waals surface area contributed by atoms with Crippen LogP contribution in [0.2, 0.25) is 0 Å². The van der Waals surface area contributed by atoms with E-state index < -0.39 is 12.1 Å².